The molecular weight excluding hydrogens is 416 g/mol. The molecule has 158 valence electrons. The molecule has 0 amide bonds. The number of hydrogen-bond donors (Lipinski definition) is 2. The van der Waals surface area contributed by atoms with Crippen molar-refractivity contribution in [2.45, 2.75) is 6.54 Å². The number of nitrogens with zero attached hydrogens (tertiary/aromatic N) is 2. The lowest BCUT2D eigenvalue weighted by atomic mass is 10.0. The fraction of sp³-hybridized carbons (Fsp3) is 0.0741. The molecule has 4 nitrogen and oxygen atoms in total. The molecule has 0 saturated carbocycles. The maximum atomic E-state index is 6.55. The van der Waals surface area contributed by atoms with Gasteiger partial charge in [-0.15, -0.1) is 0 Å². The molecule has 2 aromatic carbocycles. The number of anilines is 1. The summed E-state index contributed by atoms with van der Waals surface area (Å²) in [5.74, 6) is 0.517. The van der Waals surface area contributed by atoms with Crippen LogP contribution in [0.3, 0.4) is 0 Å². The van der Waals surface area contributed by atoms with E-state index >= 15 is 0 Å². The lowest BCUT2D eigenvalue weighted by Crippen LogP contribution is -2.11. The van der Waals surface area contributed by atoms with Crippen molar-refractivity contribution in [3.63, 3.8) is 0 Å². The Bertz CT molecular complexity index is 1320. The van der Waals surface area contributed by atoms with E-state index in [0.717, 1.165) is 39.8 Å². The summed E-state index contributed by atoms with van der Waals surface area (Å²) < 4.78 is 2.25. The normalized spacial score (nSPS) is 13.0. The molecule has 0 saturated heterocycles. The summed E-state index contributed by atoms with van der Waals surface area (Å²) in [6.45, 7) is 1.43. The summed E-state index contributed by atoms with van der Waals surface area (Å²) in [5.41, 5.74) is 13.6. The van der Waals surface area contributed by atoms with Crippen molar-refractivity contribution < 1.29 is 0 Å². The molecule has 1 aliphatic rings. The molecule has 5 heteroatoms. The molecule has 3 N–H and O–H groups in total. The highest BCUT2D eigenvalue weighted by Crippen LogP contribution is 2.34. The van der Waals surface area contributed by atoms with Crippen molar-refractivity contribution >= 4 is 23.0 Å². The summed E-state index contributed by atoms with van der Waals surface area (Å²) in [6, 6.07) is 26.6. The van der Waals surface area contributed by atoms with Crippen molar-refractivity contribution in [1.29, 1.82) is 0 Å². The van der Waals surface area contributed by atoms with Crippen molar-refractivity contribution in [3.05, 3.63) is 113 Å². The number of halogens is 1. The summed E-state index contributed by atoms with van der Waals surface area (Å²) >= 11 is 6.55. The third-order valence-corrected chi connectivity index (χ3v) is 5.96. The Morgan fingerprint density at radius 3 is 2.41 bits per heavy atom. The summed E-state index contributed by atoms with van der Waals surface area (Å²) in [6.07, 6.45) is 6.15. The van der Waals surface area contributed by atoms with E-state index in [0.29, 0.717) is 12.4 Å². The van der Waals surface area contributed by atoms with E-state index in [4.69, 9.17) is 17.3 Å². The Kier molecular flexibility index (Phi) is 5.53. The molecule has 0 atom stereocenters. The minimum atomic E-state index is 0.517. The van der Waals surface area contributed by atoms with Gasteiger partial charge in [0.15, 0.2) is 0 Å². The van der Waals surface area contributed by atoms with Gasteiger partial charge >= 0.3 is 0 Å². The Morgan fingerprint density at radius 2 is 1.66 bits per heavy atom. The van der Waals surface area contributed by atoms with Crippen molar-refractivity contribution in [3.8, 4) is 22.5 Å². The molecule has 3 heterocycles. The molecule has 2 aromatic heterocycles. The lowest BCUT2D eigenvalue weighted by molar-refractivity contribution is 0.797. The first kappa shape index (κ1) is 20.2. The smallest absolute Gasteiger partial charge is 0.123 e. The predicted molar refractivity (Wildman–Crippen MR) is 133 cm³/mol. The molecule has 0 aliphatic carbocycles. The van der Waals surface area contributed by atoms with Gasteiger partial charge in [0.05, 0.1) is 17.9 Å². The van der Waals surface area contributed by atoms with Crippen LogP contribution < -0.4 is 11.1 Å². The average molecular weight is 439 g/mol. The molecule has 5 rings (SSSR count). The molecule has 0 fully saturated rings. The number of dihydropyridines is 1. The Morgan fingerprint density at radius 1 is 0.875 bits per heavy atom. The molecule has 0 spiro atoms. The van der Waals surface area contributed by atoms with Gasteiger partial charge in [-0.2, -0.15) is 0 Å². The molecular formula is C27H23ClN4. The standard InChI is InChI=1S/C27H23ClN4/c28-24-8-2-1-7-23(24)26-15-14-25(32(26)18-22-6-3-9-27(29)31-22)20-12-10-19(11-13-20)21-5-4-16-30-17-21/h1-16,30H,17-18H2,(H2,29,31). The van der Waals surface area contributed by atoms with Crippen LogP contribution in [-0.4, -0.2) is 16.1 Å². The summed E-state index contributed by atoms with van der Waals surface area (Å²) in [4.78, 5) is 4.52. The zero-order valence-electron chi connectivity index (χ0n) is 17.5. The van der Waals surface area contributed by atoms with Crippen molar-refractivity contribution in [2.24, 2.45) is 0 Å². The van der Waals surface area contributed by atoms with Crippen LogP contribution in [0, 0.1) is 0 Å². The number of benzene rings is 2. The van der Waals surface area contributed by atoms with E-state index < -0.39 is 0 Å². The minimum absolute atomic E-state index is 0.517. The second kappa shape index (κ2) is 8.77. The summed E-state index contributed by atoms with van der Waals surface area (Å²) in [7, 11) is 0. The van der Waals surface area contributed by atoms with Gasteiger partial charge in [0.2, 0.25) is 0 Å². The van der Waals surface area contributed by atoms with Gasteiger partial charge in [-0.05, 0) is 59.3 Å². The van der Waals surface area contributed by atoms with Crippen LogP contribution >= 0.6 is 11.6 Å². The molecule has 32 heavy (non-hydrogen) atoms. The third kappa shape index (κ3) is 4.05. The highest BCUT2D eigenvalue weighted by molar-refractivity contribution is 6.33. The Balaban J connectivity index is 1.58. The Labute approximate surface area is 192 Å². The van der Waals surface area contributed by atoms with Crippen molar-refractivity contribution in [1.82, 2.24) is 14.9 Å². The van der Waals surface area contributed by atoms with E-state index in [1.807, 2.05) is 48.7 Å². The van der Waals surface area contributed by atoms with E-state index in [-0.39, 0.29) is 0 Å². The zero-order chi connectivity index (χ0) is 21.9. The number of rotatable bonds is 5. The maximum absolute atomic E-state index is 6.55. The zero-order valence-corrected chi connectivity index (χ0v) is 18.3. The van der Waals surface area contributed by atoms with Gasteiger partial charge in [0, 0.05) is 22.8 Å². The SMILES string of the molecule is Nc1cccc(Cn2c(-c3ccc(C4=CC=CNC4)cc3)ccc2-c2ccccc2Cl)n1. The van der Waals surface area contributed by atoms with Crippen LogP contribution in [0.4, 0.5) is 5.82 Å². The first-order chi connectivity index (χ1) is 15.7. The van der Waals surface area contributed by atoms with Gasteiger partial charge in [0.1, 0.15) is 5.82 Å². The van der Waals surface area contributed by atoms with Gasteiger partial charge in [-0.1, -0.05) is 66.2 Å². The number of allylic oxidation sites excluding steroid dienone is 2. The fourth-order valence-electron chi connectivity index (χ4n) is 4.06. The number of nitrogen functional groups attached to an aromatic ring is 1. The van der Waals surface area contributed by atoms with E-state index in [2.05, 4.69) is 57.3 Å². The number of nitrogens with two attached hydrogens (primary N) is 1. The predicted octanol–water partition coefficient (Wildman–Crippen LogP) is 6.00. The Hall–Kier alpha value is -3.76. The second-order valence-electron chi connectivity index (χ2n) is 7.73. The molecule has 0 radical (unpaired) electrons. The minimum Gasteiger partial charge on any atom is -0.387 e. The van der Waals surface area contributed by atoms with E-state index in [1.54, 1.807) is 6.07 Å². The van der Waals surface area contributed by atoms with Gasteiger partial charge < -0.3 is 15.6 Å². The van der Waals surface area contributed by atoms with Crippen LogP contribution in [0.15, 0.2) is 97.2 Å². The molecule has 4 aromatic rings. The second-order valence-corrected chi connectivity index (χ2v) is 8.14. The number of hydrogen-bond acceptors (Lipinski definition) is 3. The van der Waals surface area contributed by atoms with Gasteiger partial charge in [-0.3, -0.25) is 0 Å². The number of aromatic nitrogens is 2. The van der Waals surface area contributed by atoms with Crippen LogP contribution in [0.2, 0.25) is 5.02 Å². The molecule has 1 aliphatic heterocycles. The summed E-state index contributed by atoms with van der Waals surface area (Å²) in [5, 5.41) is 3.99. The largest absolute Gasteiger partial charge is 0.387 e. The molecule has 0 bridgehead atoms. The number of pyridine rings is 1. The quantitative estimate of drug-likeness (QED) is 0.401. The van der Waals surface area contributed by atoms with Crippen LogP contribution in [0.25, 0.3) is 28.1 Å². The van der Waals surface area contributed by atoms with Crippen LogP contribution in [0.5, 0.6) is 0 Å². The van der Waals surface area contributed by atoms with Crippen molar-refractivity contribution in [2.75, 3.05) is 12.3 Å². The molecule has 0 unspecified atom stereocenters. The van der Waals surface area contributed by atoms with Gasteiger partial charge in [-0.25, -0.2) is 4.98 Å². The third-order valence-electron chi connectivity index (χ3n) is 5.63. The van der Waals surface area contributed by atoms with Crippen LogP contribution in [0.1, 0.15) is 11.3 Å². The van der Waals surface area contributed by atoms with E-state index in [1.165, 1.54) is 11.1 Å². The first-order valence-electron chi connectivity index (χ1n) is 10.5. The lowest BCUT2D eigenvalue weighted by Gasteiger charge is -2.16. The fourth-order valence-corrected chi connectivity index (χ4v) is 4.29. The van der Waals surface area contributed by atoms with E-state index in [9.17, 15) is 0 Å². The monoisotopic (exact) mass is 438 g/mol. The number of nitrogens with one attached hydrogen (secondary N) is 1. The highest BCUT2D eigenvalue weighted by Gasteiger charge is 2.15. The first-order valence-corrected chi connectivity index (χ1v) is 10.9. The maximum Gasteiger partial charge on any atom is 0.123 e. The highest BCUT2D eigenvalue weighted by atomic mass is 35.5. The average Bonchev–Trinajstić information content (AvgIpc) is 3.23. The topological polar surface area (TPSA) is 55.9 Å². The van der Waals surface area contributed by atoms with Crippen LogP contribution in [-0.2, 0) is 6.54 Å². The van der Waals surface area contributed by atoms with Gasteiger partial charge in [0.25, 0.3) is 0 Å².